The first-order chi connectivity index (χ1) is 22.6. The highest BCUT2D eigenvalue weighted by molar-refractivity contribution is 6.01. The summed E-state index contributed by atoms with van der Waals surface area (Å²) in [4.78, 5) is 26.3. The Balaban J connectivity index is 1.44. The van der Waals surface area contributed by atoms with E-state index in [1.807, 2.05) is 72.8 Å². The molecule has 0 bridgehead atoms. The van der Waals surface area contributed by atoms with Gasteiger partial charge in [-0.25, -0.2) is 9.59 Å². The molecule has 0 spiro atoms. The Bertz CT molecular complexity index is 1770. The molecule has 8 nitrogen and oxygen atoms in total. The lowest BCUT2D eigenvalue weighted by Gasteiger charge is -2.21. The van der Waals surface area contributed by atoms with Gasteiger partial charge >= 0.3 is 12.3 Å². The van der Waals surface area contributed by atoms with Crippen molar-refractivity contribution in [2.24, 2.45) is 0 Å². The second-order valence-electron chi connectivity index (χ2n) is 9.94. The van der Waals surface area contributed by atoms with Gasteiger partial charge in [0.25, 0.3) is 0 Å². The average Bonchev–Trinajstić information content (AvgIpc) is 3.11. The van der Waals surface area contributed by atoms with Crippen molar-refractivity contribution in [1.29, 1.82) is 0 Å². The zero-order valence-corrected chi connectivity index (χ0v) is 24.5. The average molecular weight is 613 g/mol. The van der Waals surface area contributed by atoms with Gasteiger partial charge in [0.15, 0.2) is 11.5 Å². The highest BCUT2D eigenvalue weighted by atomic mass is 16.7. The molecular weight excluding hydrogens is 584 g/mol. The molecule has 0 aliphatic rings. The van der Waals surface area contributed by atoms with Crippen LogP contribution >= 0.6 is 0 Å². The van der Waals surface area contributed by atoms with E-state index in [1.54, 1.807) is 72.8 Å². The van der Waals surface area contributed by atoms with Crippen molar-refractivity contribution in [2.75, 3.05) is 0 Å². The lowest BCUT2D eigenvalue weighted by atomic mass is 10.1. The Morgan fingerprint density at radius 2 is 0.717 bits per heavy atom. The molecule has 6 aromatic rings. The van der Waals surface area contributed by atoms with E-state index < -0.39 is 12.3 Å². The molecule has 0 aliphatic heterocycles. The maximum atomic E-state index is 13.1. The van der Waals surface area contributed by atoms with Gasteiger partial charge in [0.1, 0.15) is 24.7 Å². The number of fused-ring (bicyclic) bond motifs is 1. The summed E-state index contributed by atoms with van der Waals surface area (Å²) in [6.07, 6.45) is -1.93. The van der Waals surface area contributed by atoms with Gasteiger partial charge in [0, 0.05) is 10.8 Å². The van der Waals surface area contributed by atoms with Crippen LogP contribution in [0.1, 0.15) is 11.1 Å². The summed E-state index contributed by atoms with van der Waals surface area (Å²) in [5.41, 5.74) is 1.58. The van der Waals surface area contributed by atoms with Crippen LogP contribution < -0.4 is 18.9 Å². The smallest absolute Gasteiger partial charge is 0.449 e. The summed E-state index contributed by atoms with van der Waals surface area (Å²) in [6, 6.07) is 43.2. The van der Waals surface area contributed by atoms with Gasteiger partial charge in [-0.05, 0) is 35.4 Å². The van der Waals surface area contributed by atoms with Crippen LogP contribution in [0.5, 0.6) is 34.5 Å². The quantitative estimate of drug-likeness (QED) is 0.112. The van der Waals surface area contributed by atoms with Crippen LogP contribution in [-0.2, 0) is 22.7 Å². The summed E-state index contributed by atoms with van der Waals surface area (Å²) < 4.78 is 35.3. The maximum Gasteiger partial charge on any atom is 0.514 e. The van der Waals surface area contributed by atoms with Gasteiger partial charge in [-0.2, -0.15) is 0 Å². The summed E-state index contributed by atoms with van der Waals surface area (Å²) in [6.45, 7) is -0.0113. The van der Waals surface area contributed by atoms with E-state index in [0.29, 0.717) is 22.3 Å². The first kappa shape index (κ1) is 29.8. The van der Waals surface area contributed by atoms with E-state index in [0.717, 1.165) is 11.1 Å². The van der Waals surface area contributed by atoms with Gasteiger partial charge in [0.2, 0.25) is 11.5 Å². The van der Waals surface area contributed by atoms with Gasteiger partial charge in [-0.1, -0.05) is 121 Å². The third-order valence-electron chi connectivity index (χ3n) is 6.73. The topological polar surface area (TPSA) is 89.5 Å². The second kappa shape index (κ2) is 14.5. The van der Waals surface area contributed by atoms with Crippen molar-refractivity contribution in [3.05, 3.63) is 157 Å². The number of hydrogen-bond donors (Lipinski definition) is 0. The molecular formula is C38H28O8. The van der Waals surface area contributed by atoms with E-state index in [1.165, 1.54) is 0 Å². The van der Waals surface area contributed by atoms with Crippen LogP contribution in [0.15, 0.2) is 146 Å². The first-order valence-corrected chi connectivity index (χ1v) is 14.5. The van der Waals surface area contributed by atoms with E-state index in [9.17, 15) is 9.59 Å². The molecule has 228 valence electrons. The van der Waals surface area contributed by atoms with E-state index >= 15 is 0 Å². The van der Waals surface area contributed by atoms with E-state index in [2.05, 4.69) is 0 Å². The minimum Gasteiger partial charge on any atom is -0.449 e. The third kappa shape index (κ3) is 7.43. The lowest BCUT2D eigenvalue weighted by Crippen LogP contribution is -2.14. The second-order valence-corrected chi connectivity index (χ2v) is 9.94. The molecule has 0 atom stereocenters. The van der Waals surface area contributed by atoms with Gasteiger partial charge in [-0.15, -0.1) is 0 Å². The summed E-state index contributed by atoms with van der Waals surface area (Å²) >= 11 is 0. The number of rotatable bonds is 10. The van der Waals surface area contributed by atoms with Crippen LogP contribution in [0.3, 0.4) is 0 Å². The largest absolute Gasteiger partial charge is 0.514 e. The molecule has 0 fully saturated rings. The number of carbonyl (C=O) groups is 2. The fourth-order valence-electron chi connectivity index (χ4n) is 4.59. The van der Waals surface area contributed by atoms with Crippen LogP contribution in [0.4, 0.5) is 9.59 Å². The van der Waals surface area contributed by atoms with Gasteiger partial charge in [0.05, 0.1) is 0 Å². The fraction of sp³-hybridized carbons (Fsp3) is 0.0526. The molecule has 0 aliphatic carbocycles. The number of ether oxygens (including phenoxy) is 6. The first-order valence-electron chi connectivity index (χ1n) is 14.5. The predicted molar refractivity (Wildman–Crippen MR) is 171 cm³/mol. The molecule has 0 amide bonds. The minimum atomic E-state index is -0.964. The van der Waals surface area contributed by atoms with Crippen LogP contribution in [0.2, 0.25) is 0 Å². The molecule has 46 heavy (non-hydrogen) atoms. The lowest BCUT2D eigenvalue weighted by molar-refractivity contribution is 0.0899. The molecule has 0 aromatic heterocycles. The molecule has 0 N–H and O–H groups in total. The molecule has 0 unspecified atom stereocenters. The van der Waals surface area contributed by atoms with Crippen molar-refractivity contribution in [3.63, 3.8) is 0 Å². The Morgan fingerprint density at radius 1 is 0.391 bits per heavy atom. The van der Waals surface area contributed by atoms with E-state index in [4.69, 9.17) is 28.4 Å². The number of carbonyl (C=O) groups excluding carboxylic acids is 2. The number of benzene rings is 6. The SMILES string of the molecule is O=C(OCc1ccccc1)Oc1c(Oc2ccccc2)c(Oc2ccccc2)c(OC(=O)OCc2ccccc2)c2ccccc12. The molecule has 0 saturated carbocycles. The number of hydrogen-bond acceptors (Lipinski definition) is 8. The minimum absolute atomic E-state index is 0.00565. The Hall–Kier alpha value is -6.28. The Morgan fingerprint density at radius 3 is 1.09 bits per heavy atom. The summed E-state index contributed by atoms with van der Waals surface area (Å²) in [5, 5.41) is 0.799. The highest BCUT2D eigenvalue weighted by Crippen LogP contribution is 2.54. The Labute approximate surface area is 265 Å². The molecule has 6 rings (SSSR count). The highest BCUT2D eigenvalue weighted by Gasteiger charge is 2.29. The van der Waals surface area contributed by atoms with Crippen molar-refractivity contribution in [3.8, 4) is 34.5 Å². The van der Waals surface area contributed by atoms with Gasteiger partial charge < -0.3 is 28.4 Å². The summed E-state index contributed by atoms with van der Waals surface area (Å²) in [5.74, 6) is 0.807. The van der Waals surface area contributed by atoms with Crippen LogP contribution in [0, 0.1) is 0 Å². The zero-order chi connectivity index (χ0) is 31.6. The van der Waals surface area contributed by atoms with Crippen LogP contribution in [0.25, 0.3) is 10.8 Å². The van der Waals surface area contributed by atoms with E-state index in [-0.39, 0.29) is 36.2 Å². The van der Waals surface area contributed by atoms with Crippen molar-refractivity contribution in [1.82, 2.24) is 0 Å². The zero-order valence-electron chi connectivity index (χ0n) is 24.5. The van der Waals surface area contributed by atoms with Crippen molar-refractivity contribution in [2.45, 2.75) is 13.2 Å². The number of para-hydroxylation sites is 2. The normalized spacial score (nSPS) is 10.5. The predicted octanol–water partition coefficient (Wildman–Crippen LogP) is 9.86. The van der Waals surface area contributed by atoms with Gasteiger partial charge in [-0.3, -0.25) is 0 Å². The molecule has 0 heterocycles. The summed E-state index contributed by atoms with van der Waals surface area (Å²) in [7, 11) is 0. The Kier molecular flexibility index (Phi) is 9.36. The fourth-order valence-corrected chi connectivity index (χ4v) is 4.59. The van der Waals surface area contributed by atoms with Crippen molar-refractivity contribution >= 4 is 23.1 Å². The maximum absolute atomic E-state index is 13.1. The molecule has 0 radical (unpaired) electrons. The van der Waals surface area contributed by atoms with Crippen LogP contribution in [-0.4, -0.2) is 12.3 Å². The third-order valence-corrected chi connectivity index (χ3v) is 6.73. The standard InChI is InChI=1S/C38H28O8/c39-37(41-25-27-15-5-1-6-16-27)45-33-31-23-13-14-24-32(31)34(46-38(40)42-26-28-17-7-2-8-18-28)36(44-30-21-11-4-12-22-30)35(33)43-29-19-9-3-10-20-29/h1-24H,25-26H2. The monoisotopic (exact) mass is 612 g/mol. The molecule has 6 aromatic carbocycles. The molecule has 0 saturated heterocycles. The van der Waals surface area contributed by atoms with Crippen molar-refractivity contribution < 1.29 is 38.0 Å². The molecule has 8 heteroatoms.